The first-order chi connectivity index (χ1) is 30.4. The summed E-state index contributed by atoms with van der Waals surface area (Å²) in [5.74, 6) is 1.74. The molecule has 0 spiro atoms. The Bertz CT molecular complexity index is 2460. The minimum absolute atomic E-state index is 0.0476. The molecule has 0 saturated heterocycles. The first-order valence-corrected chi connectivity index (χ1v) is 24.0. The number of fused-ring (bicyclic) bond motifs is 8. The molecule has 4 aliphatic rings. The summed E-state index contributed by atoms with van der Waals surface area (Å²) < 4.78 is 31.5. The molecule has 9 rings (SSSR count). The molecule has 1 heterocycles. The van der Waals surface area contributed by atoms with E-state index in [4.69, 9.17) is 22.4 Å². The first kappa shape index (κ1) is 43.3. The molecule has 5 aromatic rings. The molecule has 10 atom stereocenters. The van der Waals surface area contributed by atoms with Crippen LogP contribution >= 0.6 is 8.24 Å². The number of ketones is 2. The van der Waals surface area contributed by atoms with Crippen LogP contribution in [0.15, 0.2) is 105 Å². The van der Waals surface area contributed by atoms with Gasteiger partial charge in [-0.2, -0.15) is 0 Å². The van der Waals surface area contributed by atoms with E-state index in [1.54, 1.807) is 36.4 Å². The van der Waals surface area contributed by atoms with Gasteiger partial charge in [-0.15, -0.1) is 0 Å². The van der Waals surface area contributed by atoms with Crippen LogP contribution in [0.3, 0.4) is 0 Å². The first-order valence-electron chi connectivity index (χ1n) is 22.9. The van der Waals surface area contributed by atoms with Gasteiger partial charge in [0.1, 0.15) is 11.2 Å². The highest BCUT2D eigenvalue weighted by Crippen LogP contribution is 2.69. The number of rotatable bonds is 11. The van der Waals surface area contributed by atoms with Crippen LogP contribution in [0.4, 0.5) is 0 Å². The number of benzene rings is 4. The largest absolute Gasteiger partial charge is 0.469 e. The molecule has 0 radical (unpaired) electrons. The molecule has 4 saturated carbocycles. The maximum Gasteiger partial charge on any atom is 0.387 e. The van der Waals surface area contributed by atoms with E-state index in [-0.39, 0.29) is 52.3 Å². The highest BCUT2D eigenvalue weighted by molar-refractivity contribution is 7.31. The monoisotopic (exact) mass is 870 g/mol. The fourth-order valence-electron chi connectivity index (χ4n) is 13.1. The second-order valence-corrected chi connectivity index (χ2v) is 20.4. The zero-order valence-electron chi connectivity index (χ0n) is 37.0. The van der Waals surface area contributed by atoms with Gasteiger partial charge in [0.25, 0.3) is 0 Å². The number of methoxy groups -OCH3 is 2. The second-order valence-electron chi connectivity index (χ2n) is 19.3. The van der Waals surface area contributed by atoms with Crippen LogP contribution < -0.4 is 4.52 Å². The fraction of sp³-hybridized carbons (Fsp3) is 0.472. The average Bonchev–Trinajstić information content (AvgIpc) is 3.60. The van der Waals surface area contributed by atoms with Crippen LogP contribution in [0.2, 0.25) is 0 Å². The van der Waals surface area contributed by atoms with Gasteiger partial charge >= 0.3 is 20.2 Å². The molecule has 4 aromatic carbocycles. The van der Waals surface area contributed by atoms with Gasteiger partial charge in [-0.3, -0.25) is 23.7 Å². The number of esters is 2. The standard InChI is InChI=1S/C53H59O9P/c1-32(16-25-48(54)58-4)42-21-22-43-39-20-19-38-28-37(51(57)59-5)26-27-52(38,2)44(39)31-47(53(42,43)3)62-63-60-45-23-17-35(49(55)33-12-8-6-9-13-33)29-40(45)41-30-36(18-24-46(41)61-63)50(56)34-14-10-7-11-15-34/h6-15,17-18,23-24,29-30,32,37-39,42-44,47H,16,19-22,25-28,31H2,1-5H3/t32-,37-,38-,39+,42-,43+,44+,47+,52+,53-/m1/s1. The quantitative estimate of drug-likeness (QED) is 0.0943. The lowest BCUT2D eigenvalue weighted by Gasteiger charge is -2.62. The van der Waals surface area contributed by atoms with Crippen molar-refractivity contribution in [3.8, 4) is 0 Å². The highest BCUT2D eigenvalue weighted by Gasteiger charge is 2.65. The van der Waals surface area contributed by atoms with Crippen molar-refractivity contribution in [3.05, 3.63) is 119 Å². The van der Waals surface area contributed by atoms with Crippen molar-refractivity contribution in [2.75, 3.05) is 14.2 Å². The maximum atomic E-state index is 13.9. The Morgan fingerprint density at radius 2 is 1.30 bits per heavy atom. The smallest absolute Gasteiger partial charge is 0.387 e. The Balaban J connectivity index is 1.15. The van der Waals surface area contributed by atoms with Crippen molar-refractivity contribution in [1.29, 1.82) is 0 Å². The summed E-state index contributed by atoms with van der Waals surface area (Å²) in [6.45, 7) is 7.20. The van der Waals surface area contributed by atoms with Crippen LogP contribution in [-0.4, -0.2) is 43.8 Å². The molecule has 1 aromatic heterocycles. The third-order valence-electron chi connectivity index (χ3n) is 16.5. The average molecular weight is 871 g/mol. The van der Waals surface area contributed by atoms with Crippen LogP contribution in [0.1, 0.15) is 117 Å². The van der Waals surface area contributed by atoms with Crippen molar-refractivity contribution in [3.63, 3.8) is 0 Å². The summed E-state index contributed by atoms with van der Waals surface area (Å²) in [4.78, 5) is 52.9. The van der Waals surface area contributed by atoms with Crippen LogP contribution in [0.25, 0.3) is 21.9 Å². The Morgan fingerprint density at radius 1 is 0.698 bits per heavy atom. The third-order valence-corrected chi connectivity index (χ3v) is 17.6. The molecule has 0 amide bonds. The van der Waals surface area contributed by atoms with E-state index in [0.29, 0.717) is 80.2 Å². The number of carbonyl (C=O) groups is 4. The molecule has 0 bridgehead atoms. The summed E-state index contributed by atoms with van der Waals surface area (Å²) in [7, 11) is 0.926. The predicted octanol–water partition coefficient (Wildman–Crippen LogP) is 12.2. The summed E-state index contributed by atoms with van der Waals surface area (Å²) in [5.41, 5.74) is 2.99. The maximum absolute atomic E-state index is 13.9. The van der Waals surface area contributed by atoms with E-state index in [1.807, 2.05) is 60.7 Å². The summed E-state index contributed by atoms with van der Waals surface area (Å²) in [6, 6.07) is 29.3. The van der Waals surface area contributed by atoms with Gasteiger partial charge in [-0.25, -0.2) is 0 Å². The lowest BCUT2D eigenvalue weighted by Crippen LogP contribution is -2.60. The van der Waals surface area contributed by atoms with Crippen molar-refractivity contribution >= 4 is 53.7 Å². The molecule has 330 valence electrons. The molecule has 0 N–H and O–H groups in total. The third kappa shape index (κ3) is 7.88. The van der Waals surface area contributed by atoms with Crippen molar-refractivity contribution < 1.29 is 41.6 Å². The number of carbonyl (C=O) groups excluding carboxylic acids is 4. The number of hydrogen-bond acceptors (Lipinski definition) is 9. The molecule has 4 aliphatic carbocycles. The van der Waals surface area contributed by atoms with Crippen LogP contribution in [-0.2, 0) is 19.1 Å². The van der Waals surface area contributed by atoms with E-state index >= 15 is 0 Å². The minimum atomic E-state index is -2.03. The Morgan fingerprint density at radius 3 is 1.87 bits per heavy atom. The van der Waals surface area contributed by atoms with E-state index in [1.165, 1.54) is 14.2 Å². The van der Waals surface area contributed by atoms with Crippen molar-refractivity contribution in [1.82, 2.24) is 0 Å². The molecule has 4 fully saturated rings. The molecule has 10 heteroatoms. The van der Waals surface area contributed by atoms with Gasteiger partial charge in [0, 0.05) is 44.9 Å². The lowest BCUT2D eigenvalue weighted by molar-refractivity contribution is -0.167. The van der Waals surface area contributed by atoms with Gasteiger partial charge in [0.15, 0.2) is 11.6 Å². The van der Waals surface area contributed by atoms with Crippen molar-refractivity contribution in [2.24, 2.45) is 52.3 Å². The number of ether oxygens (including phenoxy) is 2. The molecular weight excluding hydrogens is 812 g/mol. The van der Waals surface area contributed by atoms with Gasteiger partial charge in [-0.05, 0) is 135 Å². The molecule has 0 unspecified atom stereocenters. The van der Waals surface area contributed by atoms with Gasteiger partial charge in [0.2, 0.25) is 0 Å². The Labute approximate surface area is 370 Å². The summed E-state index contributed by atoms with van der Waals surface area (Å²) in [5, 5.41) is 1.30. The molecule has 0 aliphatic heterocycles. The van der Waals surface area contributed by atoms with Gasteiger partial charge in [0.05, 0.1) is 26.2 Å². The SMILES string of the molecule is COC(=O)CC[C@@H](C)[C@H]1CC[C@H]2[C@@H]3CC[C@@H]4C[C@H](C(=O)OC)CC[C@]4(C)[C@H]3C[C@H](Op3oc4ccc(C(=O)c5ccccc5)cc4c4cc(C(=O)c5ccccc5)ccc4o3)[C@]12C. The lowest BCUT2D eigenvalue weighted by atomic mass is 9.43. The molecule has 9 nitrogen and oxygen atoms in total. The van der Waals surface area contributed by atoms with E-state index in [0.717, 1.165) is 57.8 Å². The van der Waals surface area contributed by atoms with Crippen LogP contribution in [0, 0.1) is 52.3 Å². The second kappa shape index (κ2) is 17.5. The predicted molar refractivity (Wildman–Crippen MR) is 243 cm³/mol. The normalized spacial score (nSPS) is 29.2. The van der Waals surface area contributed by atoms with E-state index in [2.05, 4.69) is 20.8 Å². The van der Waals surface area contributed by atoms with Crippen LogP contribution in [0.5, 0.6) is 0 Å². The summed E-state index contributed by atoms with van der Waals surface area (Å²) >= 11 is 0. The zero-order valence-corrected chi connectivity index (χ0v) is 37.9. The Kier molecular flexibility index (Phi) is 12.0. The van der Waals surface area contributed by atoms with E-state index in [9.17, 15) is 19.2 Å². The van der Waals surface area contributed by atoms with E-state index < -0.39 is 8.24 Å². The Hall–Kier alpha value is -4.98. The fourth-order valence-corrected chi connectivity index (χ4v) is 14.4. The highest BCUT2D eigenvalue weighted by atomic mass is 31.1. The summed E-state index contributed by atoms with van der Waals surface area (Å²) in [6.07, 6.45) is 8.81. The van der Waals surface area contributed by atoms with Crippen molar-refractivity contribution in [2.45, 2.75) is 91.1 Å². The molecule has 63 heavy (non-hydrogen) atoms. The zero-order chi connectivity index (χ0) is 44.0. The molecular formula is C53H59O9P. The van der Waals surface area contributed by atoms with Gasteiger partial charge < -0.3 is 17.9 Å². The minimum Gasteiger partial charge on any atom is -0.469 e. The number of hydrogen-bond donors (Lipinski definition) is 0. The van der Waals surface area contributed by atoms with Gasteiger partial charge in [-0.1, -0.05) is 81.4 Å². The topological polar surface area (TPSA) is 122 Å².